The molecule has 2 aromatic carbocycles. The fourth-order valence-corrected chi connectivity index (χ4v) is 4.32. The lowest BCUT2D eigenvalue weighted by molar-refractivity contribution is 0.0702. The first-order valence-corrected chi connectivity index (χ1v) is 10.6. The Morgan fingerprint density at radius 3 is 2.14 bits per heavy atom. The van der Waals surface area contributed by atoms with Gasteiger partial charge in [-0.25, -0.2) is 4.79 Å². The normalized spacial score (nSPS) is 11.5. The zero-order valence-corrected chi connectivity index (χ0v) is 18.5. The second-order valence-corrected chi connectivity index (χ2v) is 9.60. The van der Waals surface area contributed by atoms with E-state index in [2.05, 4.69) is 71.0 Å². The standard InChI is InChI=1S/C25H28O3S/c1-16-14-20(28-13-12-21-10-11-22(29-21)24(26)27)15-17(2)23(16)18-6-8-19(9-7-18)25(3,4)5/h6-11,14-15H,12-13H2,1-5H3,(H,26,27). The molecule has 0 aliphatic carbocycles. The highest BCUT2D eigenvalue weighted by Crippen LogP contribution is 2.33. The topological polar surface area (TPSA) is 46.5 Å². The Kier molecular flexibility index (Phi) is 6.13. The van der Waals surface area contributed by atoms with Gasteiger partial charge in [0.1, 0.15) is 10.6 Å². The first-order chi connectivity index (χ1) is 13.6. The quantitative estimate of drug-likeness (QED) is 0.497. The molecule has 152 valence electrons. The Morgan fingerprint density at radius 2 is 1.62 bits per heavy atom. The maximum Gasteiger partial charge on any atom is 0.345 e. The van der Waals surface area contributed by atoms with Gasteiger partial charge in [-0.15, -0.1) is 11.3 Å². The van der Waals surface area contributed by atoms with Crippen LogP contribution in [0.5, 0.6) is 5.75 Å². The lowest BCUT2D eigenvalue weighted by Crippen LogP contribution is -2.10. The Morgan fingerprint density at radius 1 is 1.00 bits per heavy atom. The Labute approximate surface area is 177 Å². The monoisotopic (exact) mass is 408 g/mol. The molecule has 0 bridgehead atoms. The lowest BCUT2D eigenvalue weighted by atomic mass is 9.85. The summed E-state index contributed by atoms with van der Waals surface area (Å²) >= 11 is 1.31. The number of hydrogen-bond donors (Lipinski definition) is 1. The number of carboxylic acids is 1. The molecule has 0 amide bonds. The maximum atomic E-state index is 11.0. The molecule has 4 heteroatoms. The molecule has 1 aromatic heterocycles. The number of benzene rings is 2. The number of carbonyl (C=O) groups is 1. The second-order valence-electron chi connectivity index (χ2n) is 8.43. The molecule has 0 saturated carbocycles. The van der Waals surface area contributed by atoms with Gasteiger partial charge in [-0.3, -0.25) is 0 Å². The Bertz CT molecular complexity index is 984. The van der Waals surface area contributed by atoms with Crippen molar-refractivity contribution >= 4 is 17.3 Å². The summed E-state index contributed by atoms with van der Waals surface area (Å²) in [6, 6.07) is 16.5. The van der Waals surface area contributed by atoms with Gasteiger partial charge >= 0.3 is 5.97 Å². The average Bonchev–Trinajstić information content (AvgIpc) is 3.10. The van der Waals surface area contributed by atoms with E-state index in [1.165, 1.54) is 39.2 Å². The van der Waals surface area contributed by atoms with Gasteiger partial charge in [-0.1, -0.05) is 45.0 Å². The van der Waals surface area contributed by atoms with E-state index in [9.17, 15) is 4.79 Å². The van der Waals surface area contributed by atoms with Crippen LogP contribution in [0.15, 0.2) is 48.5 Å². The van der Waals surface area contributed by atoms with Crippen LogP contribution in [-0.2, 0) is 11.8 Å². The fourth-order valence-electron chi connectivity index (χ4n) is 3.50. The van der Waals surface area contributed by atoms with E-state index in [0.717, 1.165) is 10.6 Å². The van der Waals surface area contributed by atoms with Gasteiger partial charge in [0.15, 0.2) is 0 Å². The fraction of sp³-hybridized carbons (Fsp3) is 0.320. The molecule has 1 N–H and O–H groups in total. The number of carboxylic acid groups (broad SMARTS) is 1. The highest BCUT2D eigenvalue weighted by atomic mass is 32.1. The van der Waals surface area contributed by atoms with E-state index in [4.69, 9.17) is 9.84 Å². The zero-order chi connectivity index (χ0) is 21.2. The van der Waals surface area contributed by atoms with Crippen LogP contribution in [0.4, 0.5) is 0 Å². The summed E-state index contributed by atoms with van der Waals surface area (Å²) in [7, 11) is 0. The van der Waals surface area contributed by atoms with Gasteiger partial charge in [0, 0.05) is 11.3 Å². The van der Waals surface area contributed by atoms with Gasteiger partial charge in [0.25, 0.3) is 0 Å². The molecule has 3 nitrogen and oxygen atoms in total. The minimum Gasteiger partial charge on any atom is -0.493 e. The molecule has 0 radical (unpaired) electrons. The smallest absolute Gasteiger partial charge is 0.345 e. The Hall–Kier alpha value is -2.59. The van der Waals surface area contributed by atoms with Crippen LogP contribution < -0.4 is 4.74 Å². The number of thiophene rings is 1. The Balaban J connectivity index is 1.71. The van der Waals surface area contributed by atoms with E-state index in [0.29, 0.717) is 17.9 Å². The van der Waals surface area contributed by atoms with Crippen molar-refractivity contribution in [3.05, 3.63) is 75.0 Å². The summed E-state index contributed by atoms with van der Waals surface area (Å²) < 4.78 is 5.96. The van der Waals surface area contributed by atoms with Crippen LogP contribution in [0.3, 0.4) is 0 Å². The van der Waals surface area contributed by atoms with Crippen molar-refractivity contribution in [2.45, 2.75) is 46.5 Å². The minimum absolute atomic E-state index is 0.147. The van der Waals surface area contributed by atoms with Crippen LogP contribution in [0, 0.1) is 13.8 Å². The summed E-state index contributed by atoms with van der Waals surface area (Å²) in [6.07, 6.45) is 0.700. The number of rotatable bonds is 6. The van der Waals surface area contributed by atoms with E-state index < -0.39 is 5.97 Å². The molecule has 0 aliphatic rings. The van der Waals surface area contributed by atoms with E-state index in [1.54, 1.807) is 6.07 Å². The van der Waals surface area contributed by atoms with E-state index in [1.807, 2.05) is 6.07 Å². The molecular weight excluding hydrogens is 380 g/mol. The van der Waals surface area contributed by atoms with Crippen LogP contribution in [0.25, 0.3) is 11.1 Å². The van der Waals surface area contributed by atoms with Crippen molar-refractivity contribution in [3.63, 3.8) is 0 Å². The van der Waals surface area contributed by atoms with Crippen LogP contribution in [-0.4, -0.2) is 17.7 Å². The largest absolute Gasteiger partial charge is 0.493 e. The van der Waals surface area contributed by atoms with Gasteiger partial charge in [0.2, 0.25) is 0 Å². The summed E-state index contributed by atoms with van der Waals surface area (Å²) in [5, 5.41) is 9.02. The third-order valence-corrected chi connectivity index (χ3v) is 6.17. The predicted octanol–water partition coefficient (Wildman–Crippen LogP) is 6.65. The van der Waals surface area contributed by atoms with Crippen molar-refractivity contribution in [1.29, 1.82) is 0 Å². The summed E-state index contributed by atoms with van der Waals surface area (Å²) in [6.45, 7) is 11.4. The van der Waals surface area contributed by atoms with Crippen molar-refractivity contribution in [1.82, 2.24) is 0 Å². The van der Waals surface area contributed by atoms with Crippen molar-refractivity contribution in [2.75, 3.05) is 6.61 Å². The number of hydrogen-bond acceptors (Lipinski definition) is 3. The third-order valence-electron chi connectivity index (χ3n) is 5.04. The predicted molar refractivity (Wildman–Crippen MR) is 121 cm³/mol. The number of aryl methyl sites for hydroxylation is 2. The number of ether oxygens (including phenoxy) is 1. The van der Waals surface area contributed by atoms with Crippen molar-refractivity contribution in [2.24, 2.45) is 0 Å². The molecule has 3 aromatic rings. The molecule has 0 saturated heterocycles. The van der Waals surface area contributed by atoms with Crippen molar-refractivity contribution < 1.29 is 14.6 Å². The van der Waals surface area contributed by atoms with Gasteiger partial charge in [0.05, 0.1) is 6.61 Å². The highest BCUT2D eigenvalue weighted by molar-refractivity contribution is 7.13. The van der Waals surface area contributed by atoms with Crippen LogP contribution >= 0.6 is 11.3 Å². The molecule has 1 heterocycles. The van der Waals surface area contributed by atoms with E-state index in [-0.39, 0.29) is 5.41 Å². The van der Waals surface area contributed by atoms with Crippen LogP contribution in [0.2, 0.25) is 0 Å². The van der Waals surface area contributed by atoms with Crippen LogP contribution in [0.1, 0.15) is 52.0 Å². The molecular formula is C25H28O3S. The molecule has 0 unspecified atom stereocenters. The molecule has 0 atom stereocenters. The van der Waals surface area contributed by atoms with Gasteiger partial charge < -0.3 is 9.84 Å². The maximum absolute atomic E-state index is 11.0. The second kappa shape index (κ2) is 8.42. The minimum atomic E-state index is -0.875. The van der Waals surface area contributed by atoms with Crippen molar-refractivity contribution in [3.8, 4) is 16.9 Å². The summed E-state index contributed by atoms with van der Waals surface area (Å²) in [4.78, 5) is 12.4. The molecule has 29 heavy (non-hydrogen) atoms. The average molecular weight is 409 g/mol. The molecule has 0 spiro atoms. The third kappa shape index (κ3) is 5.07. The van der Waals surface area contributed by atoms with Gasteiger partial charge in [-0.05, 0) is 71.3 Å². The molecule has 3 rings (SSSR count). The zero-order valence-electron chi connectivity index (χ0n) is 17.7. The molecule has 0 aliphatic heterocycles. The first kappa shape index (κ1) is 21.1. The van der Waals surface area contributed by atoms with E-state index >= 15 is 0 Å². The SMILES string of the molecule is Cc1cc(OCCc2ccc(C(=O)O)s2)cc(C)c1-c1ccc(C(C)(C)C)cc1. The summed E-state index contributed by atoms with van der Waals surface area (Å²) in [5.41, 5.74) is 6.33. The highest BCUT2D eigenvalue weighted by Gasteiger charge is 2.14. The van der Waals surface area contributed by atoms with Gasteiger partial charge in [-0.2, -0.15) is 0 Å². The molecule has 0 fully saturated rings. The first-order valence-electron chi connectivity index (χ1n) is 9.82. The number of aromatic carboxylic acids is 1. The lowest BCUT2D eigenvalue weighted by Gasteiger charge is -2.20. The summed E-state index contributed by atoms with van der Waals surface area (Å²) in [5.74, 6) is -0.0235.